The summed E-state index contributed by atoms with van der Waals surface area (Å²) < 4.78 is 0. The molecule has 53 heavy (non-hydrogen) atoms. The fourth-order valence-electron chi connectivity index (χ4n) is 10.2. The molecule has 2 aliphatic heterocycles. The van der Waals surface area contributed by atoms with Crippen LogP contribution in [0.15, 0.2) is 139 Å². The van der Waals surface area contributed by atoms with Crippen molar-refractivity contribution in [2.24, 2.45) is 11.8 Å². The van der Waals surface area contributed by atoms with Gasteiger partial charge in [-0.3, -0.25) is 0 Å². The van der Waals surface area contributed by atoms with Crippen molar-refractivity contribution in [1.29, 1.82) is 0 Å². The second-order valence-electron chi connectivity index (χ2n) is 15.5. The van der Waals surface area contributed by atoms with Gasteiger partial charge in [0.05, 0.1) is 0 Å². The molecular weight excluding hydrogens is 675 g/mol. The Morgan fingerprint density at radius 2 is 1.30 bits per heavy atom. The molecule has 5 aliphatic rings. The van der Waals surface area contributed by atoms with Gasteiger partial charge in [0.1, 0.15) is 0 Å². The van der Waals surface area contributed by atoms with Crippen LogP contribution in [0.5, 0.6) is 0 Å². The van der Waals surface area contributed by atoms with Gasteiger partial charge in [-0.1, -0.05) is 162 Å². The third kappa shape index (κ3) is 5.73. The lowest BCUT2D eigenvalue weighted by Crippen LogP contribution is -2.34. The molecule has 2 heterocycles. The molecule has 0 bridgehead atoms. The molecule has 260 valence electrons. The number of allylic oxidation sites excluding steroid dienone is 7. The van der Waals surface area contributed by atoms with Crippen molar-refractivity contribution in [3.05, 3.63) is 182 Å². The first kappa shape index (κ1) is 33.2. The number of fused-ring (bicyclic) bond motifs is 11. The lowest BCUT2D eigenvalue weighted by Gasteiger charge is -2.30. The highest BCUT2D eigenvalue weighted by atomic mass is 31.1. The largest absolute Gasteiger partial charge is 0.0991 e. The summed E-state index contributed by atoms with van der Waals surface area (Å²) >= 11 is 0. The summed E-state index contributed by atoms with van der Waals surface area (Å²) in [7, 11) is -0.831. The third-order valence-corrected chi connectivity index (χ3v) is 18.1. The van der Waals surface area contributed by atoms with E-state index in [1.54, 1.807) is 38.4 Å². The number of benzene rings is 5. The van der Waals surface area contributed by atoms with E-state index in [9.17, 15) is 0 Å². The molecule has 0 saturated carbocycles. The lowest BCUT2D eigenvalue weighted by atomic mass is 9.78. The molecule has 5 aromatic carbocycles. The van der Waals surface area contributed by atoms with Gasteiger partial charge in [0, 0.05) is 0 Å². The van der Waals surface area contributed by atoms with Crippen molar-refractivity contribution in [1.82, 2.24) is 0 Å². The van der Waals surface area contributed by atoms with Crippen molar-refractivity contribution < 1.29 is 0 Å². The van der Waals surface area contributed by atoms with Crippen molar-refractivity contribution in [2.45, 2.75) is 44.9 Å². The number of hydrogen-bond donors (Lipinski definition) is 0. The van der Waals surface area contributed by atoms with Gasteiger partial charge in [-0.25, -0.2) is 0 Å². The van der Waals surface area contributed by atoms with Crippen LogP contribution in [0.1, 0.15) is 54.9 Å². The fraction of sp³-hybridized carbons (Fsp3) is 0.216. The topological polar surface area (TPSA) is 0 Å². The summed E-state index contributed by atoms with van der Waals surface area (Å²) in [5, 5.41) is 11.9. The van der Waals surface area contributed by atoms with E-state index >= 15 is 0 Å². The SMILES string of the molecule is C=C/C=C\C1=CC[C@H]2CP(c3ccccc3P3Cc4ccc5ccccc5c4C4=c5ccccc5=CCC4C3)Cc3ccc4c(c3C2=C1C)=CCCC=4. The van der Waals surface area contributed by atoms with Crippen molar-refractivity contribution in [3.8, 4) is 0 Å². The highest BCUT2D eigenvalue weighted by molar-refractivity contribution is 7.71. The zero-order valence-electron chi connectivity index (χ0n) is 30.7. The normalized spacial score (nSPS) is 23.0. The summed E-state index contributed by atoms with van der Waals surface area (Å²) in [5.74, 6) is 1.07. The van der Waals surface area contributed by atoms with Gasteiger partial charge in [-0.2, -0.15) is 0 Å². The van der Waals surface area contributed by atoms with Crippen LogP contribution >= 0.6 is 15.8 Å². The maximum Gasteiger partial charge on any atom is -0.00261 e. The fourth-order valence-corrected chi connectivity index (χ4v) is 16.5. The molecule has 0 aromatic heterocycles. The van der Waals surface area contributed by atoms with Crippen LogP contribution in [0.2, 0.25) is 0 Å². The van der Waals surface area contributed by atoms with Gasteiger partial charge in [0.15, 0.2) is 0 Å². The molecule has 0 fully saturated rings. The van der Waals surface area contributed by atoms with E-state index in [1.807, 2.05) is 6.08 Å². The summed E-state index contributed by atoms with van der Waals surface area (Å²) in [5.41, 5.74) is 12.3. The molecular formula is C51H46P2. The molecule has 4 atom stereocenters. The van der Waals surface area contributed by atoms with Crippen LogP contribution in [0.4, 0.5) is 0 Å². The lowest BCUT2D eigenvalue weighted by molar-refractivity contribution is 0.757. The Kier molecular flexibility index (Phi) is 8.67. The highest BCUT2D eigenvalue weighted by Gasteiger charge is 2.36. The molecule has 3 unspecified atom stereocenters. The van der Waals surface area contributed by atoms with Crippen LogP contribution in [0, 0.1) is 11.8 Å². The summed E-state index contributed by atoms with van der Waals surface area (Å²) in [4.78, 5) is 0. The second kappa shape index (κ2) is 13.8. The quantitative estimate of drug-likeness (QED) is 0.128. The van der Waals surface area contributed by atoms with Gasteiger partial charge in [0.2, 0.25) is 0 Å². The zero-order chi connectivity index (χ0) is 35.5. The molecule has 0 nitrogen and oxygen atoms in total. The van der Waals surface area contributed by atoms with E-state index < -0.39 is 15.8 Å². The first-order valence-electron chi connectivity index (χ1n) is 19.6. The zero-order valence-corrected chi connectivity index (χ0v) is 32.5. The Morgan fingerprint density at radius 1 is 0.623 bits per heavy atom. The summed E-state index contributed by atoms with van der Waals surface area (Å²) in [6.07, 6.45) is 25.7. The summed E-state index contributed by atoms with van der Waals surface area (Å²) in [6, 6.07) is 37.9. The molecule has 10 rings (SSSR count). The van der Waals surface area contributed by atoms with Crippen LogP contribution in [-0.2, 0) is 12.3 Å². The van der Waals surface area contributed by atoms with Gasteiger partial charge >= 0.3 is 0 Å². The maximum absolute atomic E-state index is 3.98. The Morgan fingerprint density at radius 3 is 2.13 bits per heavy atom. The van der Waals surface area contributed by atoms with Crippen LogP contribution in [0.3, 0.4) is 0 Å². The minimum absolute atomic E-state index is 0.413. The maximum atomic E-state index is 3.98. The predicted octanol–water partition coefficient (Wildman–Crippen LogP) is 9.30. The first-order chi connectivity index (χ1) is 26.2. The Hall–Kier alpha value is -4.34. The standard InChI is InChI=1S/C51H46P2/c1-3-4-13-35-22-26-39-30-52(31-40-27-23-36-14-5-8-17-43(36)49(40)48(39)34(35)2)46-20-11-12-21-47(46)53-32-41-28-24-37-15-6-9-18-44(37)50(41)51-42(33-53)29-25-38-16-7-10-19-45(38)51/h3-4,6-7,9-25,27-28,39,42H,1,5,8,26,29-33H2,2H3/b13-4-/t39-,42?,52?,53?/m0/s1. The molecule has 0 spiro atoms. The molecule has 0 radical (unpaired) electrons. The number of rotatable bonds is 4. The Balaban J connectivity index is 1.12. The monoisotopic (exact) mass is 720 g/mol. The minimum atomic E-state index is -0.418. The van der Waals surface area contributed by atoms with Crippen molar-refractivity contribution >= 4 is 66.6 Å². The van der Waals surface area contributed by atoms with E-state index in [1.165, 1.54) is 66.8 Å². The van der Waals surface area contributed by atoms with Gasteiger partial charge in [-0.05, 0) is 156 Å². The van der Waals surface area contributed by atoms with Crippen LogP contribution in [-0.4, -0.2) is 12.3 Å². The second-order valence-corrected chi connectivity index (χ2v) is 20.0. The van der Waals surface area contributed by atoms with E-state index in [-0.39, 0.29) is 0 Å². The average molecular weight is 721 g/mol. The van der Waals surface area contributed by atoms with Gasteiger partial charge in [-0.15, -0.1) is 0 Å². The van der Waals surface area contributed by atoms with Crippen molar-refractivity contribution in [2.75, 3.05) is 12.3 Å². The van der Waals surface area contributed by atoms with E-state index in [0.29, 0.717) is 11.8 Å². The number of hydrogen-bond acceptors (Lipinski definition) is 0. The smallest absolute Gasteiger partial charge is 0.00261 e. The highest BCUT2D eigenvalue weighted by Crippen LogP contribution is 2.55. The molecule has 5 aromatic rings. The summed E-state index contributed by atoms with van der Waals surface area (Å²) in [6.45, 7) is 6.37. The molecule has 3 aliphatic carbocycles. The first-order valence-corrected chi connectivity index (χ1v) is 23.0. The van der Waals surface area contributed by atoms with E-state index in [4.69, 9.17) is 0 Å². The average Bonchev–Trinajstić information content (AvgIpc) is 3.49. The predicted molar refractivity (Wildman–Crippen MR) is 233 cm³/mol. The molecule has 0 saturated heterocycles. The minimum Gasteiger partial charge on any atom is -0.0991 e. The van der Waals surface area contributed by atoms with E-state index in [0.717, 1.165) is 31.8 Å². The molecule has 0 amide bonds. The third-order valence-electron chi connectivity index (χ3n) is 12.5. The van der Waals surface area contributed by atoms with Crippen LogP contribution < -0.4 is 31.5 Å². The molecule has 2 heteroatoms. The van der Waals surface area contributed by atoms with Crippen molar-refractivity contribution in [3.63, 3.8) is 0 Å². The van der Waals surface area contributed by atoms with Gasteiger partial charge in [0.25, 0.3) is 0 Å². The molecule has 0 N–H and O–H groups in total. The van der Waals surface area contributed by atoms with Gasteiger partial charge < -0.3 is 0 Å². The Bertz CT molecular complexity index is 2690. The van der Waals surface area contributed by atoms with Crippen LogP contribution in [0.25, 0.3) is 40.1 Å². The van der Waals surface area contributed by atoms with E-state index in [2.05, 4.69) is 147 Å². The Labute approximate surface area is 316 Å².